The van der Waals surface area contributed by atoms with Crippen molar-refractivity contribution in [2.75, 3.05) is 40.0 Å². The number of nitrogens with one attached hydrogen (secondary N) is 2. The molecule has 8 heteroatoms. The normalized spacial score (nSPS) is 12.3. The van der Waals surface area contributed by atoms with Crippen LogP contribution in [0, 0.1) is 5.92 Å². The van der Waals surface area contributed by atoms with Crippen LogP contribution in [0.15, 0.2) is 23.2 Å². The van der Waals surface area contributed by atoms with Crippen molar-refractivity contribution in [2.24, 2.45) is 10.9 Å². The lowest BCUT2D eigenvalue weighted by molar-refractivity contribution is 0.0258. The predicted octanol–water partition coefficient (Wildman–Crippen LogP) is 3.19. The third-order valence-electron chi connectivity index (χ3n) is 4.19. The number of nitrogens with zero attached hydrogens (tertiary/aromatic N) is 1. The number of halogens is 1. The summed E-state index contributed by atoms with van der Waals surface area (Å²) in [4.78, 5) is 4.66. The molecule has 0 aliphatic rings. The summed E-state index contributed by atoms with van der Waals surface area (Å²) in [6, 6.07) is 5.70. The largest absolute Gasteiger partial charge is 0.493 e. The Morgan fingerprint density at radius 1 is 1.17 bits per heavy atom. The smallest absolute Gasteiger partial charge is 0.191 e. The highest BCUT2D eigenvalue weighted by molar-refractivity contribution is 14.0. The fourth-order valence-electron chi connectivity index (χ4n) is 2.75. The number of aliphatic hydroxyl groups excluding tert-OH is 1. The van der Waals surface area contributed by atoms with Gasteiger partial charge < -0.3 is 30.0 Å². The van der Waals surface area contributed by atoms with E-state index in [1.54, 1.807) is 7.11 Å². The summed E-state index contributed by atoms with van der Waals surface area (Å²) in [5.74, 6) is 2.52. The minimum atomic E-state index is -0.0339. The molecule has 0 saturated heterocycles. The van der Waals surface area contributed by atoms with Gasteiger partial charge in [-0.1, -0.05) is 19.9 Å². The van der Waals surface area contributed by atoms with Crippen LogP contribution in [0.2, 0.25) is 0 Å². The minimum Gasteiger partial charge on any atom is -0.493 e. The Balaban J connectivity index is 0.00000784. The van der Waals surface area contributed by atoms with E-state index in [1.165, 1.54) is 0 Å². The number of benzene rings is 1. The topological polar surface area (TPSA) is 84.3 Å². The van der Waals surface area contributed by atoms with Crippen LogP contribution in [-0.2, 0) is 11.3 Å². The first-order chi connectivity index (χ1) is 13.5. The van der Waals surface area contributed by atoms with Crippen molar-refractivity contribution in [3.8, 4) is 11.5 Å². The van der Waals surface area contributed by atoms with Crippen LogP contribution in [0.4, 0.5) is 0 Å². The molecule has 0 radical (unpaired) electrons. The molecular weight excluding hydrogens is 485 g/mol. The van der Waals surface area contributed by atoms with E-state index in [9.17, 15) is 0 Å². The molecule has 1 unspecified atom stereocenters. The second-order valence-corrected chi connectivity index (χ2v) is 6.71. The Labute approximate surface area is 192 Å². The molecule has 0 fully saturated rings. The summed E-state index contributed by atoms with van der Waals surface area (Å²) in [7, 11) is 1.60. The number of aliphatic imine (C=N–C) groups is 1. The Kier molecular flexibility index (Phi) is 15.8. The van der Waals surface area contributed by atoms with Crippen LogP contribution in [0.3, 0.4) is 0 Å². The molecule has 1 aromatic rings. The Bertz CT molecular complexity index is 585. The molecule has 0 spiro atoms. The van der Waals surface area contributed by atoms with Crippen molar-refractivity contribution >= 4 is 29.9 Å². The SMILES string of the molecule is CCNC(=NCc1ccc(OCCO)c(OC)c1)NCCC(OCC)C(C)C.I. The van der Waals surface area contributed by atoms with Crippen molar-refractivity contribution in [3.05, 3.63) is 23.8 Å². The first kappa shape index (κ1) is 27.7. The van der Waals surface area contributed by atoms with Crippen LogP contribution in [0.1, 0.15) is 39.7 Å². The van der Waals surface area contributed by atoms with Crippen molar-refractivity contribution < 1.29 is 19.3 Å². The van der Waals surface area contributed by atoms with E-state index in [4.69, 9.17) is 19.3 Å². The average Bonchev–Trinajstić information content (AvgIpc) is 2.69. The van der Waals surface area contributed by atoms with E-state index in [2.05, 4.69) is 29.5 Å². The Morgan fingerprint density at radius 2 is 1.93 bits per heavy atom. The molecule has 0 aliphatic heterocycles. The van der Waals surface area contributed by atoms with Crippen molar-refractivity contribution in [2.45, 2.75) is 46.8 Å². The number of methoxy groups -OCH3 is 1. The number of hydrogen-bond acceptors (Lipinski definition) is 5. The molecule has 29 heavy (non-hydrogen) atoms. The van der Waals surface area contributed by atoms with E-state index in [-0.39, 0.29) is 43.3 Å². The third kappa shape index (κ3) is 10.9. The van der Waals surface area contributed by atoms with E-state index in [0.29, 0.717) is 24.0 Å². The summed E-state index contributed by atoms with van der Waals surface area (Å²) < 4.78 is 16.6. The zero-order valence-corrected chi connectivity index (χ0v) is 20.7. The molecule has 0 aromatic heterocycles. The Morgan fingerprint density at radius 3 is 2.52 bits per heavy atom. The molecule has 0 bridgehead atoms. The number of guanidine groups is 1. The van der Waals surface area contributed by atoms with Crippen LogP contribution in [0.5, 0.6) is 11.5 Å². The zero-order chi connectivity index (χ0) is 20.8. The van der Waals surface area contributed by atoms with Gasteiger partial charge in [0, 0.05) is 19.7 Å². The number of ether oxygens (including phenoxy) is 3. The van der Waals surface area contributed by atoms with Crippen LogP contribution in [-0.4, -0.2) is 57.2 Å². The van der Waals surface area contributed by atoms with Crippen molar-refractivity contribution in [1.82, 2.24) is 10.6 Å². The lowest BCUT2D eigenvalue weighted by atomic mass is 10.0. The molecule has 7 nitrogen and oxygen atoms in total. The lowest BCUT2D eigenvalue weighted by Gasteiger charge is -2.21. The van der Waals surface area contributed by atoms with Gasteiger partial charge in [-0.25, -0.2) is 4.99 Å². The summed E-state index contributed by atoms with van der Waals surface area (Å²) in [6.07, 6.45) is 1.18. The molecule has 0 amide bonds. The number of aliphatic hydroxyl groups is 1. The molecule has 3 N–H and O–H groups in total. The van der Waals surface area contributed by atoms with Gasteiger partial charge in [-0.15, -0.1) is 24.0 Å². The maximum Gasteiger partial charge on any atom is 0.191 e. The predicted molar refractivity (Wildman–Crippen MR) is 129 cm³/mol. The minimum absolute atomic E-state index is 0. The highest BCUT2D eigenvalue weighted by Crippen LogP contribution is 2.28. The van der Waals surface area contributed by atoms with Gasteiger partial charge in [0.2, 0.25) is 0 Å². The molecule has 168 valence electrons. The Hall–Kier alpha value is -1.26. The zero-order valence-electron chi connectivity index (χ0n) is 18.4. The standard InChI is InChI=1S/C21H37N3O4.HI/c1-6-22-21(23-11-10-18(16(3)4)27-7-2)24-15-17-8-9-19(28-13-12-25)20(14-17)26-5;/h8-9,14,16,18,25H,6-7,10-13,15H2,1-5H3,(H2,22,23,24);1H. The van der Waals surface area contributed by atoms with Gasteiger partial charge in [-0.3, -0.25) is 0 Å². The van der Waals surface area contributed by atoms with Gasteiger partial charge in [0.15, 0.2) is 17.5 Å². The summed E-state index contributed by atoms with van der Waals surface area (Å²) in [6.45, 7) is 11.5. The molecule has 1 rings (SSSR count). The highest BCUT2D eigenvalue weighted by Gasteiger charge is 2.13. The summed E-state index contributed by atoms with van der Waals surface area (Å²) in [5, 5.41) is 15.5. The van der Waals surface area contributed by atoms with Crippen LogP contribution < -0.4 is 20.1 Å². The first-order valence-electron chi connectivity index (χ1n) is 10.1. The van der Waals surface area contributed by atoms with E-state index < -0.39 is 0 Å². The molecule has 1 atom stereocenters. The molecular formula is C21H38IN3O4. The maximum atomic E-state index is 8.90. The van der Waals surface area contributed by atoms with Gasteiger partial charge in [0.1, 0.15) is 6.61 Å². The average molecular weight is 523 g/mol. The van der Waals surface area contributed by atoms with E-state index in [0.717, 1.165) is 37.6 Å². The molecule has 0 aliphatic carbocycles. The second-order valence-electron chi connectivity index (χ2n) is 6.71. The maximum absolute atomic E-state index is 8.90. The van der Waals surface area contributed by atoms with Gasteiger partial charge in [0.05, 0.1) is 26.4 Å². The van der Waals surface area contributed by atoms with Crippen molar-refractivity contribution in [1.29, 1.82) is 0 Å². The van der Waals surface area contributed by atoms with E-state index >= 15 is 0 Å². The molecule has 0 saturated carbocycles. The van der Waals surface area contributed by atoms with Gasteiger partial charge in [0.25, 0.3) is 0 Å². The van der Waals surface area contributed by atoms with Crippen LogP contribution >= 0.6 is 24.0 Å². The van der Waals surface area contributed by atoms with E-state index in [1.807, 2.05) is 32.0 Å². The monoisotopic (exact) mass is 523 g/mol. The summed E-state index contributed by atoms with van der Waals surface area (Å²) >= 11 is 0. The van der Waals surface area contributed by atoms with Crippen LogP contribution in [0.25, 0.3) is 0 Å². The highest BCUT2D eigenvalue weighted by atomic mass is 127. The third-order valence-corrected chi connectivity index (χ3v) is 4.19. The number of hydrogen-bond donors (Lipinski definition) is 3. The lowest BCUT2D eigenvalue weighted by Crippen LogP contribution is -2.39. The fourth-order valence-corrected chi connectivity index (χ4v) is 2.75. The summed E-state index contributed by atoms with van der Waals surface area (Å²) in [5.41, 5.74) is 1.01. The van der Waals surface area contributed by atoms with Gasteiger partial charge >= 0.3 is 0 Å². The van der Waals surface area contributed by atoms with Gasteiger partial charge in [-0.05, 0) is 43.9 Å². The quantitative estimate of drug-likeness (QED) is 0.209. The number of rotatable bonds is 13. The first-order valence-corrected chi connectivity index (χ1v) is 10.1. The van der Waals surface area contributed by atoms with Gasteiger partial charge in [-0.2, -0.15) is 0 Å². The molecule has 1 aromatic carbocycles. The fraction of sp³-hybridized carbons (Fsp3) is 0.667. The second kappa shape index (κ2) is 16.5. The van der Waals surface area contributed by atoms with Crippen molar-refractivity contribution in [3.63, 3.8) is 0 Å². The molecule has 0 heterocycles.